The quantitative estimate of drug-likeness (QED) is 0.180. The summed E-state index contributed by atoms with van der Waals surface area (Å²) in [6, 6.07) is 0. The predicted octanol–water partition coefficient (Wildman–Crippen LogP) is 7.99. The summed E-state index contributed by atoms with van der Waals surface area (Å²) in [7, 11) is -2.01. The van der Waals surface area contributed by atoms with Gasteiger partial charge in [-0.2, -0.15) is 0 Å². The minimum atomic E-state index is -2.01. The smallest absolute Gasteiger partial charge is 0.188 e. The topological polar surface area (TPSA) is 34.1 Å². The van der Waals surface area contributed by atoms with Crippen LogP contribution in [0.4, 0.5) is 0 Å². The molecule has 1 atom stereocenters. The van der Waals surface area contributed by atoms with Crippen molar-refractivity contribution < 1.29 is 9.36 Å². The molecule has 0 aromatic heterocycles. The van der Waals surface area contributed by atoms with E-state index in [0.717, 1.165) is 25.7 Å². The molecule has 0 aliphatic carbocycles. The predicted molar refractivity (Wildman–Crippen MR) is 113 cm³/mol. The molecule has 0 heterocycles. The van der Waals surface area contributed by atoms with E-state index in [1.54, 1.807) is 0 Å². The van der Waals surface area contributed by atoms with E-state index in [9.17, 15) is 9.36 Å². The van der Waals surface area contributed by atoms with E-state index in [1.165, 1.54) is 64.2 Å². The summed E-state index contributed by atoms with van der Waals surface area (Å²) in [4.78, 5) is 12.0. The first-order valence-electron chi connectivity index (χ1n) is 11.1. The SMILES string of the molecule is CCCCCCCCCCCC(=O)[PH](=O)CCCC(CC)(CC)CC. The van der Waals surface area contributed by atoms with Crippen LogP contribution < -0.4 is 0 Å². The molecule has 0 radical (unpaired) electrons. The van der Waals surface area contributed by atoms with Crippen LogP contribution in [0, 0.1) is 5.41 Å². The Morgan fingerprint density at radius 3 is 1.68 bits per heavy atom. The van der Waals surface area contributed by atoms with Crippen LogP contribution in [0.1, 0.15) is 124 Å². The first-order chi connectivity index (χ1) is 12.0. The van der Waals surface area contributed by atoms with Gasteiger partial charge < -0.3 is 4.57 Å². The van der Waals surface area contributed by atoms with Gasteiger partial charge in [-0.15, -0.1) is 0 Å². The number of carbonyl (C=O) groups excluding carboxylic acids is 1. The second kappa shape index (κ2) is 16.1. The van der Waals surface area contributed by atoms with Gasteiger partial charge in [0.05, 0.1) is 0 Å². The van der Waals surface area contributed by atoms with Crippen molar-refractivity contribution in [1.82, 2.24) is 0 Å². The summed E-state index contributed by atoms with van der Waals surface area (Å²) in [6.07, 6.45) is 18.1. The third kappa shape index (κ3) is 12.0. The van der Waals surface area contributed by atoms with Crippen LogP contribution in [0.15, 0.2) is 0 Å². The molecule has 0 aliphatic rings. The van der Waals surface area contributed by atoms with E-state index in [4.69, 9.17) is 0 Å². The van der Waals surface area contributed by atoms with Crippen LogP contribution in [-0.2, 0) is 9.36 Å². The van der Waals surface area contributed by atoms with Crippen LogP contribution in [0.25, 0.3) is 0 Å². The lowest BCUT2D eigenvalue weighted by atomic mass is 9.76. The van der Waals surface area contributed by atoms with Crippen molar-refractivity contribution in [3.05, 3.63) is 0 Å². The first kappa shape index (κ1) is 24.9. The number of hydrogen-bond donors (Lipinski definition) is 0. The number of hydrogen-bond acceptors (Lipinski definition) is 2. The molecule has 0 fully saturated rings. The van der Waals surface area contributed by atoms with Crippen LogP contribution in [0.5, 0.6) is 0 Å². The normalized spacial score (nSPS) is 13.1. The van der Waals surface area contributed by atoms with Crippen LogP contribution >= 0.6 is 7.80 Å². The summed E-state index contributed by atoms with van der Waals surface area (Å²) < 4.78 is 12.2. The monoisotopic (exact) mass is 372 g/mol. The molecule has 0 bridgehead atoms. The van der Waals surface area contributed by atoms with E-state index >= 15 is 0 Å². The highest BCUT2D eigenvalue weighted by Gasteiger charge is 2.23. The largest absolute Gasteiger partial charge is 0.319 e. The van der Waals surface area contributed by atoms with Crippen LogP contribution in [-0.4, -0.2) is 11.7 Å². The van der Waals surface area contributed by atoms with Crippen molar-refractivity contribution in [1.29, 1.82) is 0 Å². The Hall–Kier alpha value is -0.100. The molecule has 0 aliphatic heterocycles. The van der Waals surface area contributed by atoms with Gasteiger partial charge in [-0.05, 0) is 24.7 Å². The van der Waals surface area contributed by atoms with Crippen molar-refractivity contribution >= 4 is 13.3 Å². The zero-order chi connectivity index (χ0) is 19.0. The average molecular weight is 373 g/mol. The maximum absolute atomic E-state index is 12.2. The molecule has 0 spiro atoms. The maximum Gasteiger partial charge on any atom is 0.188 e. The molecule has 1 unspecified atom stereocenters. The van der Waals surface area contributed by atoms with E-state index in [1.807, 2.05) is 0 Å². The maximum atomic E-state index is 12.2. The third-order valence-corrected chi connectivity index (χ3v) is 7.86. The molecule has 3 heteroatoms. The second-order valence-electron chi connectivity index (χ2n) is 7.84. The summed E-state index contributed by atoms with van der Waals surface area (Å²) in [6.45, 7) is 9.01. The highest BCUT2D eigenvalue weighted by molar-refractivity contribution is 7.63. The molecule has 0 saturated heterocycles. The Morgan fingerprint density at radius 2 is 1.20 bits per heavy atom. The Kier molecular flexibility index (Phi) is 16.0. The van der Waals surface area contributed by atoms with Gasteiger partial charge >= 0.3 is 0 Å². The van der Waals surface area contributed by atoms with Crippen molar-refractivity contribution in [2.75, 3.05) is 6.16 Å². The van der Waals surface area contributed by atoms with Gasteiger partial charge in [0.25, 0.3) is 0 Å². The molecule has 0 amide bonds. The summed E-state index contributed by atoms with van der Waals surface area (Å²) in [5.74, 6) is 0. The van der Waals surface area contributed by atoms with Gasteiger partial charge in [-0.3, -0.25) is 4.79 Å². The minimum Gasteiger partial charge on any atom is -0.319 e. The zero-order valence-electron chi connectivity index (χ0n) is 17.6. The fourth-order valence-corrected chi connectivity index (χ4v) is 5.01. The zero-order valence-corrected chi connectivity index (χ0v) is 18.6. The molecular formula is C22H45O2P. The van der Waals surface area contributed by atoms with E-state index in [0.29, 0.717) is 18.0 Å². The molecule has 25 heavy (non-hydrogen) atoms. The lowest BCUT2D eigenvalue weighted by Gasteiger charge is -2.30. The molecule has 150 valence electrons. The van der Waals surface area contributed by atoms with Crippen molar-refractivity contribution in [2.24, 2.45) is 5.41 Å². The van der Waals surface area contributed by atoms with Crippen molar-refractivity contribution in [3.8, 4) is 0 Å². The van der Waals surface area contributed by atoms with E-state index in [-0.39, 0.29) is 5.52 Å². The number of unbranched alkanes of at least 4 members (excludes halogenated alkanes) is 8. The minimum absolute atomic E-state index is 0.0584. The summed E-state index contributed by atoms with van der Waals surface area (Å²) in [5.41, 5.74) is 0.463. The lowest BCUT2D eigenvalue weighted by molar-refractivity contribution is -0.111. The molecule has 0 aromatic rings. The molecular weight excluding hydrogens is 327 g/mol. The Labute approximate surface area is 158 Å². The van der Waals surface area contributed by atoms with E-state index < -0.39 is 7.80 Å². The molecule has 0 N–H and O–H groups in total. The van der Waals surface area contributed by atoms with Crippen molar-refractivity contribution in [3.63, 3.8) is 0 Å². The molecule has 0 saturated carbocycles. The fourth-order valence-electron chi connectivity index (χ4n) is 3.78. The standard InChI is InChI=1S/C22H45O2P/c1-5-9-10-11-12-13-14-15-16-18-21(23)25(24)20-17-19-22(6-2,7-3)8-4/h25H,5-20H2,1-4H3. The van der Waals surface area contributed by atoms with Gasteiger partial charge in [-0.1, -0.05) is 98.3 Å². The Balaban J connectivity index is 3.71. The van der Waals surface area contributed by atoms with Crippen LogP contribution in [0.2, 0.25) is 0 Å². The van der Waals surface area contributed by atoms with Gasteiger partial charge in [0, 0.05) is 12.6 Å². The van der Waals surface area contributed by atoms with Crippen LogP contribution in [0.3, 0.4) is 0 Å². The molecule has 0 rings (SSSR count). The highest BCUT2D eigenvalue weighted by atomic mass is 31.1. The summed E-state index contributed by atoms with van der Waals surface area (Å²) >= 11 is 0. The summed E-state index contributed by atoms with van der Waals surface area (Å²) in [5, 5.41) is 0. The van der Waals surface area contributed by atoms with Crippen molar-refractivity contribution in [2.45, 2.75) is 124 Å². The fraction of sp³-hybridized carbons (Fsp3) is 0.955. The second-order valence-corrected chi connectivity index (χ2v) is 9.74. The molecule has 2 nitrogen and oxygen atoms in total. The van der Waals surface area contributed by atoms with Gasteiger partial charge in [0.1, 0.15) is 7.80 Å². The van der Waals surface area contributed by atoms with Gasteiger partial charge in [0.15, 0.2) is 5.52 Å². The number of carbonyl (C=O) groups is 1. The lowest BCUT2D eigenvalue weighted by Crippen LogP contribution is -2.17. The Bertz CT molecular complexity index is 340. The molecule has 0 aromatic carbocycles. The number of rotatable bonds is 18. The third-order valence-electron chi connectivity index (χ3n) is 6.18. The van der Waals surface area contributed by atoms with Gasteiger partial charge in [0.2, 0.25) is 0 Å². The Morgan fingerprint density at radius 1 is 0.720 bits per heavy atom. The average Bonchev–Trinajstić information content (AvgIpc) is 2.64. The van der Waals surface area contributed by atoms with Gasteiger partial charge in [-0.25, -0.2) is 0 Å². The highest BCUT2D eigenvalue weighted by Crippen LogP contribution is 2.37. The van der Waals surface area contributed by atoms with E-state index in [2.05, 4.69) is 27.7 Å². The first-order valence-corrected chi connectivity index (χ1v) is 12.7.